The van der Waals surface area contributed by atoms with Crippen LogP contribution in [0.4, 0.5) is 0 Å². The summed E-state index contributed by atoms with van der Waals surface area (Å²) in [5, 5.41) is 2.55. The van der Waals surface area contributed by atoms with Crippen molar-refractivity contribution in [2.45, 2.75) is 38.5 Å². The predicted octanol–water partition coefficient (Wildman–Crippen LogP) is 11.5. The van der Waals surface area contributed by atoms with Gasteiger partial charge in [0.2, 0.25) is 0 Å². The fraction of sp³-hybridized carbons (Fsp3) is 0.130. The topological polar surface area (TPSA) is 30.7 Å². The molecule has 0 unspecified atom stereocenters. The molecule has 3 nitrogen and oxygen atoms in total. The Hall–Kier alpha value is -5.80. The summed E-state index contributed by atoms with van der Waals surface area (Å²) >= 11 is 0. The fourth-order valence-corrected chi connectivity index (χ4v) is 8.68. The second-order valence-electron chi connectivity index (χ2n) is 14.6. The van der Waals surface area contributed by atoms with E-state index in [0.717, 1.165) is 39.6 Å². The number of hydrogen-bond acceptors (Lipinski definition) is 2. The summed E-state index contributed by atoms with van der Waals surface area (Å²) < 4.78 is 2.44. The van der Waals surface area contributed by atoms with Crippen LogP contribution >= 0.6 is 0 Å². The van der Waals surface area contributed by atoms with E-state index in [4.69, 9.17) is 9.97 Å². The second kappa shape index (κ2) is 9.87. The van der Waals surface area contributed by atoms with Gasteiger partial charge in [-0.05, 0) is 63.7 Å². The van der Waals surface area contributed by atoms with Crippen molar-refractivity contribution in [3.8, 4) is 50.6 Å². The van der Waals surface area contributed by atoms with Gasteiger partial charge in [0, 0.05) is 44.0 Å². The van der Waals surface area contributed by atoms with Crippen LogP contribution in [0.1, 0.15) is 50.1 Å². The van der Waals surface area contributed by atoms with Gasteiger partial charge in [0.05, 0.1) is 22.4 Å². The maximum atomic E-state index is 5.30. The van der Waals surface area contributed by atoms with Crippen LogP contribution in [-0.4, -0.2) is 14.5 Å². The minimum atomic E-state index is -0.232. The van der Waals surface area contributed by atoms with Crippen LogP contribution in [0.2, 0.25) is 0 Å². The first-order chi connectivity index (χ1) is 23.8. The summed E-state index contributed by atoms with van der Waals surface area (Å²) in [6, 6.07) is 50.7. The molecular weight excluding hydrogens is 595 g/mol. The Balaban J connectivity index is 1.18. The molecular formula is C46H35N3. The molecule has 2 aliphatic carbocycles. The Morgan fingerprint density at radius 2 is 1.12 bits per heavy atom. The van der Waals surface area contributed by atoms with Gasteiger partial charge in [-0.3, -0.25) is 0 Å². The van der Waals surface area contributed by atoms with Crippen molar-refractivity contribution in [2.24, 2.45) is 0 Å². The van der Waals surface area contributed by atoms with Crippen LogP contribution in [-0.2, 0) is 10.8 Å². The van der Waals surface area contributed by atoms with Crippen molar-refractivity contribution >= 4 is 21.8 Å². The van der Waals surface area contributed by atoms with Gasteiger partial charge < -0.3 is 4.57 Å². The summed E-state index contributed by atoms with van der Waals surface area (Å²) in [6.45, 7) is 9.28. The van der Waals surface area contributed by atoms with Crippen molar-refractivity contribution in [3.63, 3.8) is 0 Å². The van der Waals surface area contributed by atoms with Gasteiger partial charge >= 0.3 is 0 Å². The van der Waals surface area contributed by atoms with E-state index in [9.17, 15) is 0 Å². The predicted molar refractivity (Wildman–Crippen MR) is 202 cm³/mol. The SMILES string of the molecule is CC1(C)c2ccccc2-c2cc3c4ccccc4n(-c4ccc(-c5nc(-c6ccccc6)nc6c5-c5ccccc5C6(C)C)cc4)c3cc21. The number of rotatable bonds is 3. The third kappa shape index (κ3) is 3.84. The molecule has 2 heterocycles. The number of fused-ring (bicyclic) bond motifs is 9. The Kier molecular flexibility index (Phi) is 5.69. The van der Waals surface area contributed by atoms with Crippen LogP contribution in [0.3, 0.4) is 0 Å². The van der Waals surface area contributed by atoms with Crippen molar-refractivity contribution in [2.75, 3.05) is 0 Å². The average molecular weight is 630 g/mol. The van der Waals surface area contributed by atoms with Crippen LogP contribution in [0.15, 0.2) is 140 Å². The molecule has 0 radical (unpaired) electrons. The van der Waals surface area contributed by atoms with Gasteiger partial charge in [0.1, 0.15) is 0 Å². The molecule has 0 atom stereocenters. The van der Waals surface area contributed by atoms with Gasteiger partial charge in [-0.1, -0.05) is 137 Å². The maximum absolute atomic E-state index is 5.30. The van der Waals surface area contributed by atoms with Crippen LogP contribution in [0.5, 0.6) is 0 Å². The highest BCUT2D eigenvalue weighted by Crippen LogP contribution is 2.52. The standard InChI is InChI=1S/C46H35N3/c1-45(2)36-19-11-8-16-31(36)34-26-35-32-17-10-13-21-39(32)49(40(35)27-38(34)45)30-24-22-28(23-25-30)42-41-33-18-9-12-20-37(33)46(3,4)43(41)48-44(47-42)29-14-6-5-7-15-29/h5-27H,1-4H3. The molecule has 6 aromatic carbocycles. The van der Waals surface area contributed by atoms with Gasteiger partial charge in [0.15, 0.2) is 5.82 Å². The van der Waals surface area contributed by atoms with Crippen molar-refractivity contribution in [3.05, 3.63) is 162 Å². The van der Waals surface area contributed by atoms with Crippen LogP contribution in [0.25, 0.3) is 72.4 Å². The summed E-state index contributed by atoms with van der Waals surface area (Å²) in [5.41, 5.74) is 16.6. The molecule has 2 aliphatic rings. The molecule has 0 N–H and O–H groups in total. The lowest BCUT2D eigenvalue weighted by atomic mass is 9.82. The zero-order valence-corrected chi connectivity index (χ0v) is 28.1. The molecule has 0 bridgehead atoms. The fourth-order valence-electron chi connectivity index (χ4n) is 8.68. The molecule has 0 aliphatic heterocycles. The number of hydrogen-bond donors (Lipinski definition) is 0. The van der Waals surface area contributed by atoms with Gasteiger partial charge in [-0.25, -0.2) is 9.97 Å². The third-order valence-corrected chi connectivity index (χ3v) is 11.2. The molecule has 0 spiro atoms. The number of benzene rings is 6. The van der Waals surface area contributed by atoms with Crippen molar-refractivity contribution in [1.82, 2.24) is 14.5 Å². The van der Waals surface area contributed by atoms with Crippen LogP contribution in [0, 0.1) is 0 Å². The van der Waals surface area contributed by atoms with E-state index in [1.54, 1.807) is 0 Å². The van der Waals surface area contributed by atoms with Crippen molar-refractivity contribution in [1.29, 1.82) is 0 Å². The monoisotopic (exact) mass is 629 g/mol. The van der Waals surface area contributed by atoms with E-state index in [-0.39, 0.29) is 10.8 Å². The van der Waals surface area contributed by atoms with E-state index < -0.39 is 0 Å². The van der Waals surface area contributed by atoms with Gasteiger partial charge in [-0.15, -0.1) is 0 Å². The lowest BCUT2D eigenvalue weighted by Crippen LogP contribution is -2.17. The lowest BCUT2D eigenvalue weighted by Gasteiger charge is -2.21. The molecule has 8 aromatic rings. The Morgan fingerprint density at radius 3 is 1.90 bits per heavy atom. The van der Waals surface area contributed by atoms with Crippen molar-refractivity contribution < 1.29 is 0 Å². The summed E-state index contributed by atoms with van der Waals surface area (Å²) in [5.74, 6) is 0.763. The van der Waals surface area contributed by atoms with E-state index in [1.165, 1.54) is 55.2 Å². The Labute approximate surface area is 286 Å². The first-order valence-corrected chi connectivity index (χ1v) is 17.2. The quantitative estimate of drug-likeness (QED) is 0.195. The molecule has 0 saturated carbocycles. The molecule has 2 aromatic heterocycles. The molecule has 0 amide bonds. The van der Waals surface area contributed by atoms with Gasteiger partial charge in [-0.2, -0.15) is 0 Å². The minimum absolute atomic E-state index is 0.0703. The van der Waals surface area contributed by atoms with E-state index in [2.05, 4.69) is 166 Å². The molecule has 49 heavy (non-hydrogen) atoms. The van der Waals surface area contributed by atoms with E-state index in [0.29, 0.717) is 0 Å². The molecule has 3 heteroatoms. The number of nitrogens with zero attached hydrogens (tertiary/aromatic N) is 3. The molecule has 0 fully saturated rings. The minimum Gasteiger partial charge on any atom is -0.309 e. The highest BCUT2D eigenvalue weighted by molar-refractivity contribution is 6.11. The third-order valence-electron chi connectivity index (χ3n) is 11.2. The average Bonchev–Trinajstić information content (AvgIpc) is 3.68. The number of para-hydroxylation sites is 1. The zero-order valence-electron chi connectivity index (χ0n) is 28.1. The lowest BCUT2D eigenvalue weighted by molar-refractivity contribution is 0.636. The van der Waals surface area contributed by atoms with Gasteiger partial charge in [0.25, 0.3) is 0 Å². The highest BCUT2D eigenvalue weighted by Gasteiger charge is 2.40. The number of aromatic nitrogens is 3. The van der Waals surface area contributed by atoms with Crippen LogP contribution < -0.4 is 0 Å². The maximum Gasteiger partial charge on any atom is 0.160 e. The molecule has 234 valence electrons. The first kappa shape index (κ1) is 28.2. The summed E-state index contributed by atoms with van der Waals surface area (Å²) in [6.07, 6.45) is 0. The first-order valence-electron chi connectivity index (χ1n) is 17.2. The Bertz CT molecular complexity index is 2640. The summed E-state index contributed by atoms with van der Waals surface area (Å²) in [7, 11) is 0. The smallest absolute Gasteiger partial charge is 0.160 e. The highest BCUT2D eigenvalue weighted by atomic mass is 15.0. The molecule has 10 rings (SSSR count). The Morgan fingerprint density at radius 1 is 0.469 bits per heavy atom. The van der Waals surface area contributed by atoms with E-state index in [1.807, 2.05) is 6.07 Å². The normalized spacial score (nSPS) is 14.9. The largest absolute Gasteiger partial charge is 0.309 e. The summed E-state index contributed by atoms with van der Waals surface area (Å²) in [4.78, 5) is 10.5. The molecule has 0 saturated heterocycles. The van der Waals surface area contributed by atoms with E-state index >= 15 is 0 Å². The zero-order chi connectivity index (χ0) is 33.1. The second-order valence-corrected chi connectivity index (χ2v) is 14.6.